The SMILES string of the molecule is CC(C)(C(=O)O)c1ccc(NC(=O)C2CC(=O)Nc3cc(F)ccc32)cc1. The number of nitrogens with one attached hydrogen (secondary N) is 2. The standard InChI is InChI=1S/C20H19FN2O4/c1-20(2,19(26)27)11-3-6-13(7-4-11)22-18(25)15-10-17(24)23-16-9-12(21)5-8-14(15)16/h3-9,15H,10H2,1-2H3,(H,22,25)(H,23,24)(H,26,27). The average molecular weight is 370 g/mol. The Morgan fingerprint density at radius 1 is 1.19 bits per heavy atom. The van der Waals surface area contributed by atoms with E-state index >= 15 is 0 Å². The highest BCUT2D eigenvalue weighted by molar-refractivity contribution is 6.05. The zero-order valence-corrected chi connectivity index (χ0v) is 14.9. The molecule has 1 aliphatic rings. The Bertz CT molecular complexity index is 922. The van der Waals surface area contributed by atoms with Gasteiger partial charge < -0.3 is 15.7 Å². The van der Waals surface area contributed by atoms with E-state index in [0.717, 1.165) is 0 Å². The summed E-state index contributed by atoms with van der Waals surface area (Å²) in [5.41, 5.74) is 0.889. The summed E-state index contributed by atoms with van der Waals surface area (Å²) in [7, 11) is 0. The maximum atomic E-state index is 13.4. The maximum Gasteiger partial charge on any atom is 0.313 e. The largest absolute Gasteiger partial charge is 0.481 e. The van der Waals surface area contributed by atoms with E-state index in [1.54, 1.807) is 38.1 Å². The molecule has 0 aliphatic carbocycles. The molecule has 3 N–H and O–H groups in total. The van der Waals surface area contributed by atoms with Gasteiger partial charge >= 0.3 is 5.97 Å². The lowest BCUT2D eigenvalue weighted by Gasteiger charge is -2.25. The molecule has 6 nitrogen and oxygen atoms in total. The second-order valence-electron chi connectivity index (χ2n) is 7.03. The molecule has 0 radical (unpaired) electrons. The predicted molar refractivity (Wildman–Crippen MR) is 98.1 cm³/mol. The fraction of sp³-hybridized carbons (Fsp3) is 0.250. The number of carboxylic acids is 1. The molecule has 0 spiro atoms. The summed E-state index contributed by atoms with van der Waals surface area (Å²) in [5.74, 6) is -2.91. The molecule has 2 aromatic rings. The van der Waals surface area contributed by atoms with Crippen molar-refractivity contribution in [3.63, 3.8) is 0 Å². The average Bonchev–Trinajstić information content (AvgIpc) is 2.60. The maximum absolute atomic E-state index is 13.4. The van der Waals surface area contributed by atoms with Crippen LogP contribution in [0.2, 0.25) is 0 Å². The van der Waals surface area contributed by atoms with Gasteiger partial charge in [-0.15, -0.1) is 0 Å². The van der Waals surface area contributed by atoms with Gasteiger partial charge in [0.2, 0.25) is 11.8 Å². The van der Waals surface area contributed by atoms with Crippen LogP contribution in [0, 0.1) is 5.82 Å². The molecule has 2 aromatic carbocycles. The number of benzene rings is 2. The van der Waals surface area contributed by atoms with Gasteiger partial charge in [0, 0.05) is 17.8 Å². The van der Waals surface area contributed by atoms with Crippen molar-refractivity contribution in [3.8, 4) is 0 Å². The lowest BCUT2D eigenvalue weighted by Crippen LogP contribution is -2.31. The van der Waals surface area contributed by atoms with Crippen molar-refractivity contribution in [2.24, 2.45) is 0 Å². The van der Waals surface area contributed by atoms with Gasteiger partial charge in [0.25, 0.3) is 0 Å². The van der Waals surface area contributed by atoms with Gasteiger partial charge in [-0.05, 0) is 49.2 Å². The Hall–Kier alpha value is -3.22. The van der Waals surface area contributed by atoms with Crippen LogP contribution in [0.15, 0.2) is 42.5 Å². The zero-order valence-electron chi connectivity index (χ0n) is 14.9. The van der Waals surface area contributed by atoms with Crippen LogP contribution in [0.5, 0.6) is 0 Å². The predicted octanol–water partition coefficient (Wildman–Crippen LogP) is 3.25. The van der Waals surface area contributed by atoms with Crippen molar-refractivity contribution in [1.29, 1.82) is 0 Å². The van der Waals surface area contributed by atoms with E-state index in [1.165, 1.54) is 18.2 Å². The fourth-order valence-electron chi connectivity index (χ4n) is 2.99. The number of rotatable bonds is 4. The van der Waals surface area contributed by atoms with Crippen molar-refractivity contribution in [3.05, 3.63) is 59.4 Å². The molecule has 0 aromatic heterocycles. The van der Waals surface area contributed by atoms with Crippen LogP contribution in [0.4, 0.5) is 15.8 Å². The number of fused-ring (bicyclic) bond motifs is 1. The van der Waals surface area contributed by atoms with E-state index in [1.807, 2.05) is 0 Å². The normalized spacial score (nSPS) is 16.3. The molecule has 0 saturated carbocycles. The van der Waals surface area contributed by atoms with Crippen molar-refractivity contribution in [1.82, 2.24) is 0 Å². The number of carbonyl (C=O) groups excluding carboxylic acids is 2. The number of amides is 2. The molecule has 0 bridgehead atoms. The Kier molecular flexibility index (Phi) is 4.70. The number of hydrogen-bond donors (Lipinski definition) is 3. The summed E-state index contributed by atoms with van der Waals surface area (Å²) < 4.78 is 13.4. The monoisotopic (exact) mass is 370 g/mol. The van der Waals surface area contributed by atoms with Crippen LogP contribution >= 0.6 is 0 Å². The number of hydrogen-bond acceptors (Lipinski definition) is 3. The summed E-state index contributed by atoms with van der Waals surface area (Å²) in [6.45, 7) is 3.19. The number of carboxylic acid groups (broad SMARTS) is 1. The highest BCUT2D eigenvalue weighted by Crippen LogP contribution is 2.34. The zero-order chi connectivity index (χ0) is 19.8. The number of anilines is 2. The van der Waals surface area contributed by atoms with E-state index in [9.17, 15) is 23.9 Å². The van der Waals surface area contributed by atoms with Crippen LogP contribution in [-0.4, -0.2) is 22.9 Å². The van der Waals surface area contributed by atoms with E-state index in [0.29, 0.717) is 22.5 Å². The van der Waals surface area contributed by atoms with E-state index < -0.39 is 23.1 Å². The van der Waals surface area contributed by atoms with Crippen molar-refractivity contribution < 1.29 is 23.9 Å². The summed E-state index contributed by atoms with van der Waals surface area (Å²) in [6.07, 6.45) is -0.0331. The molecule has 1 unspecified atom stereocenters. The first-order chi connectivity index (χ1) is 12.7. The van der Waals surface area contributed by atoms with Crippen LogP contribution < -0.4 is 10.6 Å². The highest BCUT2D eigenvalue weighted by Gasteiger charge is 2.32. The number of aliphatic carboxylic acids is 1. The first kappa shape index (κ1) is 18.6. The second kappa shape index (κ2) is 6.83. The molecule has 0 fully saturated rings. The Morgan fingerprint density at radius 3 is 2.48 bits per heavy atom. The molecule has 2 amide bonds. The van der Waals surface area contributed by atoms with Crippen LogP contribution in [0.25, 0.3) is 0 Å². The van der Waals surface area contributed by atoms with E-state index in [-0.39, 0.29) is 18.2 Å². The van der Waals surface area contributed by atoms with Crippen molar-refractivity contribution in [2.75, 3.05) is 10.6 Å². The smallest absolute Gasteiger partial charge is 0.313 e. The molecule has 1 heterocycles. The number of carbonyl (C=O) groups is 3. The summed E-state index contributed by atoms with van der Waals surface area (Å²) in [6, 6.07) is 10.4. The summed E-state index contributed by atoms with van der Waals surface area (Å²) >= 11 is 0. The molecular weight excluding hydrogens is 351 g/mol. The van der Waals surface area contributed by atoms with E-state index in [4.69, 9.17) is 0 Å². The van der Waals surface area contributed by atoms with Crippen LogP contribution in [0.3, 0.4) is 0 Å². The molecule has 27 heavy (non-hydrogen) atoms. The van der Waals surface area contributed by atoms with Gasteiger partial charge in [0.05, 0.1) is 11.3 Å². The summed E-state index contributed by atoms with van der Waals surface area (Å²) in [5, 5.41) is 14.6. The van der Waals surface area contributed by atoms with Gasteiger partial charge in [0.1, 0.15) is 5.82 Å². The van der Waals surface area contributed by atoms with Crippen LogP contribution in [0.1, 0.15) is 37.3 Å². The van der Waals surface area contributed by atoms with Gasteiger partial charge in [-0.3, -0.25) is 14.4 Å². The molecular formula is C20H19FN2O4. The topological polar surface area (TPSA) is 95.5 Å². The highest BCUT2D eigenvalue weighted by atomic mass is 19.1. The summed E-state index contributed by atoms with van der Waals surface area (Å²) in [4.78, 5) is 35.9. The molecule has 140 valence electrons. The van der Waals surface area contributed by atoms with Crippen molar-refractivity contribution in [2.45, 2.75) is 31.6 Å². The van der Waals surface area contributed by atoms with Gasteiger partial charge in [-0.2, -0.15) is 0 Å². The van der Waals surface area contributed by atoms with Gasteiger partial charge in [0.15, 0.2) is 0 Å². The van der Waals surface area contributed by atoms with Gasteiger partial charge in [-0.1, -0.05) is 18.2 Å². The number of halogens is 1. The van der Waals surface area contributed by atoms with Crippen LogP contribution in [-0.2, 0) is 19.8 Å². The minimum atomic E-state index is -1.05. The third-order valence-electron chi connectivity index (χ3n) is 4.78. The Labute approximate surface area is 155 Å². The second-order valence-corrected chi connectivity index (χ2v) is 7.03. The molecule has 3 rings (SSSR count). The Morgan fingerprint density at radius 2 is 1.85 bits per heavy atom. The Balaban J connectivity index is 1.80. The molecule has 0 saturated heterocycles. The van der Waals surface area contributed by atoms with Crippen molar-refractivity contribution >= 4 is 29.2 Å². The third-order valence-corrected chi connectivity index (χ3v) is 4.78. The lowest BCUT2D eigenvalue weighted by atomic mass is 9.85. The molecule has 1 aliphatic heterocycles. The quantitative estimate of drug-likeness (QED) is 0.770. The fourth-order valence-corrected chi connectivity index (χ4v) is 2.99. The van der Waals surface area contributed by atoms with E-state index in [2.05, 4.69) is 10.6 Å². The lowest BCUT2D eigenvalue weighted by molar-refractivity contribution is -0.142. The first-order valence-corrected chi connectivity index (χ1v) is 8.42. The first-order valence-electron chi connectivity index (χ1n) is 8.42. The minimum absolute atomic E-state index is 0.0331. The minimum Gasteiger partial charge on any atom is -0.481 e. The van der Waals surface area contributed by atoms with Gasteiger partial charge in [-0.25, -0.2) is 4.39 Å². The third kappa shape index (κ3) is 3.67. The molecule has 7 heteroatoms. The molecule has 1 atom stereocenters.